The van der Waals surface area contributed by atoms with Crippen molar-refractivity contribution in [3.8, 4) is 11.3 Å². The first-order valence-electron chi connectivity index (χ1n) is 8.98. The molecule has 0 spiro atoms. The second-order valence-electron chi connectivity index (χ2n) is 6.69. The van der Waals surface area contributed by atoms with Crippen LogP contribution in [0.3, 0.4) is 0 Å². The lowest BCUT2D eigenvalue weighted by Crippen LogP contribution is -2.34. The summed E-state index contributed by atoms with van der Waals surface area (Å²) in [6.07, 6.45) is 0. The summed E-state index contributed by atoms with van der Waals surface area (Å²) in [7, 11) is 0. The first kappa shape index (κ1) is 19.8. The Morgan fingerprint density at radius 1 is 1.11 bits per heavy atom. The molecule has 0 bridgehead atoms. The number of carbonyl (C=O) groups excluding carboxylic acids is 1. The fourth-order valence-electron chi connectivity index (χ4n) is 2.73. The third-order valence-electron chi connectivity index (χ3n) is 4.29. The van der Waals surface area contributed by atoms with Gasteiger partial charge in [-0.2, -0.15) is 0 Å². The fourth-order valence-corrected chi connectivity index (χ4v) is 2.94. The van der Waals surface area contributed by atoms with Gasteiger partial charge >= 0.3 is 0 Å². The van der Waals surface area contributed by atoms with Gasteiger partial charge in [-0.15, -0.1) is 0 Å². The Hall–Kier alpha value is -2.96. The molecule has 6 heteroatoms. The van der Waals surface area contributed by atoms with Crippen molar-refractivity contribution in [3.05, 3.63) is 77.6 Å². The summed E-state index contributed by atoms with van der Waals surface area (Å²) < 4.78 is 5.55. The zero-order chi connectivity index (χ0) is 20.1. The molecule has 0 fully saturated rings. The summed E-state index contributed by atoms with van der Waals surface area (Å²) in [5.41, 5.74) is 3.29. The van der Waals surface area contributed by atoms with Crippen LogP contribution in [0.15, 0.2) is 65.1 Å². The van der Waals surface area contributed by atoms with Gasteiger partial charge in [-0.1, -0.05) is 38.1 Å². The molecule has 0 radical (unpaired) electrons. The summed E-state index contributed by atoms with van der Waals surface area (Å²) in [6.45, 7) is 4.07. The van der Waals surface area contributed by atoms with Crippen LogP contribution in [0.2, 0.25) is 0 Å². The molecule has 0 aliphatic rings. The molecule has 0 unspecified atom stereocenters. The molecule has 3 rings (SSSR count). The van der Waals surface area contributed by atoms with E-state index in [0.717, 1.165) is 11.3 Å². The van der Waals surface area contributed by atoms with Crippen LogP contribution < -0.4 is 10.6 Å². The van der Waals surface area contributed by atoms with Crippen LogP contribution in [0.1, 0.15) is 41.4 Å². The van der Waals surface area contributed by atoms with Crippen molar-refractivity contribution in [2.24, 2.45) is 0 Å². The van der Waals surface area contributed by atoms with Crippen LogP contribution in [0.4, 0.5) is 5.69 Å². The van der Waals surface area contributed by atoms with Crippen molar-refractivity contribution >= 4 is 28.9 Å². The van der Waals surface area contributed by atoms with E-state index < -0.39 is 0 Å². The third-order valence-corrected chi connectivity index (χ3v) is 4.49. The van der Waals surface area contributed by atoms with Gasteiger partial charge in [0.2, 0.25) is 0 Å². The van der Waals surface area contributed by atoms with E-state index in [2.05, 4.69) is 24.5 Å². The van der Waals surface area contributed by atoms with E-state index in [1.54, 1.807) is 24.3 Å². The van der Waals surface area contributed by atoms with E-state index in [4.69, 9.17) is 21.7 Å². The smallest absolute Gasteiger partial charge is 0.257 e. The van der Waals surface area contributed by atoms with Gasteiger partial charge in [0.25, 0.3) is 5.91 Å². The monoisotopic (exact) mass is 394 g/mol. The molecule has 0 atom stereocenters. The number of amides is 1. The molecule has 144 valence electrons. The second-order valence-corrected chi connectivity index (χ2v) is 7.10. The SMILES string of the molecule is CC(C)c1ccc(C(=O)NC(=S)Nc2cccc(-c3ccc(CO)o3)c2)cc1. The number of furan rings is 1. The number of carbonyl (C=O) groups is 1. The number of nitrogens with one attached hydrogen (secondary N) is 2. The van der Waals surface area contributed by atoms with Crippen LogP contribution in [0, 0.1) is 0 Å². The summed E-state index contributed by atoms with van der Waals surface area (Å²) in [4.78, 5) is 12.4. The zero-order valence-electron chi connectivity index (χ0n) is 15.7. The van der Waals surface area contributed by atoms with Crippen molar-refractivity contribution in [1.82, 2.24) is 5.32 Å². The van der Waals surface area contributed by atoms with Gasteiger partial charge in [0.15, 0.2) is 5.11 Å². The maximum atomic E-state index is 12.4. The highest BCUT2D eigenvalue weighted by Crippen LogP contribution is 2.25. The van der Waals surface area contributed by atoms with Gasteiger partial charge in [0.1, 0.15) is 18.1 Å². The van der Waals surface area contributed by atoms with Crippen molar-refractivity contribution in [2.45, 2.75) is 26.4 Å². The van der Waals surface area contributed by atoms with Crippen LogP contribution >= 0.6 is 12.2 Å². The predicted molar refractivity (Wildman–Crippen MR) is 114 cm³/mol. The predicted octanol–water partition coefficient (Wildman–Crippen LogP) is 4.69. The molecule has 1 heterocycles. The number of rotatable bonds is 5. The van der Waals surface area contributed by atoms with Gasteiger partial charge in [0.05, 0.1) is 0 Å². The Balaban J connectivity index is 1.64. The van der Waals surface area contributed by atoms with Crippen LogP contribution in [-0.4, -0.2) is 16.1 Å². The van der Waals surface area contributed by atoms with Crippen molar-refractivity contribution < 1.29 is 14.3 Å². The van der Waals surface area contributed by atoms with Crippen LogP contribution in [-0.2, 0) is 6.61 Å². The summed E-state index contributed by atoms with van der Waals surface area (Å²) in [5.74, 6) is 1.30. The Bertz CT molecular complexity index is 977. The van der Waals surface area contributed by atoms with E-state index in [9.17, 15) is 4.79 Å². The molecule has 0 aliphatic heterocycles. The van der Waals surface area contributed by atoms with E-state index in [1.807, 2.05) is 36.4 Å². The average molecular weight is 394 g/mol. The maximum absolute atomic E-state index is 12.4. The number of thiocarbonyl (C=S) groups is 1. The molecule has 0 aliphatic carbocycles. The minimum absolute atomic E-state index is 0.147. The van der Waals surface area contributed by atoms with Crippen molar-refractivity contribution in [3.63, 3.8) is 0 Å². The number of aliphatic hydroxyl groups is 1. The lowest BCUT2D eigenvalue weighted by molar-refractivity contribution is 0.0977. The highest BCUT2D eigenvalue weighted by molar-refractivity contribution is 7.80. The van der Waals surface area contributed by atoms with Crippen molar-refractivity contribution in [1.29, 1.82) is 0 Å². The number of anilines is 1. The lowest BCUT2D eigenvalue weighted by Gasteiger charge is -2.11. The number of hydrogen-bond donors (Lipinski definition) is 3. The van der Waals surface area contributed by atoms with Gasteiger partial charge in [-0.3, -0.25) is 10.1 Å². The third kappa shape index (κ3) is 4.85. The molecule has 2 aromatic carbocycles. The molecule has 28 heavy (non-hydrogen) atoms. The Labute approximate surface area is 169 Å². The minimum atomic E-state index is -0.261. The number of benzene rings is 2. The molecule has 1 aromatic heterocycles. The minimum Gasteiger partial charge on any atom is -0.459 e. The van der Waals surface area contributed by atoms with E-state index in [0.29, 0.717) is 23.0 Å². The van der Waals surface area contributed by atoms with Crippen LogP contribution in [0.25, 0.3) is 11.3 Å². The average Bonchev–Trinajstić information content (AvgIpc) is 3.17. The standard InChI is InChI=1S/C22H22N2O3S/c1-14(2)15-6-8-16(9-7-15)21(26)24-22(28)23-18-5-3-4-17(12-18)20-11-10-19(13-25)27-20/h3-12,14,25H,13H2,1-2H3,(H2,23,24,26,28). The Morgan fingerprint density at radius 2 is 1.86 bits per heavy atom. The quantitative estimate of drug-likeness (QED) is 0.548. The van der Waals surface area contributed by atoms with E-state index in [-0.39, 0.29) is 17.6 Å². The fraction of sp³-hybridized carbons (Fsp3) is 0.182. The molecule has 3 aromatic rings. The normalized spacial score (nSPS) is 10.7. The topological polar surface area (TPSA) is 74.5 Å². The summed E-state index contributed by atoms with van der Waals surface area (Å²) in [6, 6.07) is 18.5. The molecular weight excluding hydrogens is 372 g/mol. The summed E-state index contributed by atoms with van der Waals surface area (Å²) in [5, 5.41) is 15.0. The van der Waals surface area contributed by atoms with Gasteiger partial charge in [-0.05, 0) is 60.1 Å². The van der Waals surface area contributed by atoms with E-state index in [1.165, 1.54) is 5.56 Å². The molecule has 3 N–H and O–H groups in total. The summed E-state index contributed by atoms with van der Waals surface area (Å²) >= 11 is 5.26. The maximum Gasteiger partial charge on any atom is 0.257 e. The number of hydrogen-bond acceptors (Lipinski definition) is 4. The number of aliphatic hydroxyl groups excluding tert-OH is 1. The first-order chi connectivity index (χ1) is 13.5. The molecular formula is C22H22N2O3S. The van der Waals surface area contributed by atoms with Gasteiger partial charge < -0.3 is 14.8 Å². The molecule has 0 saturated carbocycles. The lowest BCUT2D eigenvalue weighted by atomic mass is 10.0. The highest BCUT2D eigenvalue weighted by Gasteiger charge is 2.10. The van der Waals surface area contributed by atoms with Crippen molar-refractivity contribution in [2.75, 3.05) is 5.32 Å². The van der Waals surface area contributed by atoms with Gasteiger partial charge in [0, 0.05) is 16.8 Å². The van der Waals surface area contributed by atoms with Gasteiger partial charge in [-0.25, -0.2) is 0 Å². The molecule has 1 amide bonds. The highest BCUT2D eigenvalue weighted by atomic mass is 32.1. The Kier molecular flexibility index (Phi) is 6.23. The second kappa shape index (κ2) is 8.82. The zero-order valence-corrected chi connectivity index (χ0v) is 16.5. The van der Waals surface area contributed by atoms with Crippen LogP contribution in [0.5, 0.6) is 0 Å². The Morgan fingerprint density at radius 3 is 2.50 bits per heavy atom. The largest absolute Gasteiger partial charge is 0.459 e. The van der Waals surface area contributed by atoms with E-state index >= 15 is 0 Å². The first-order valence-corrected chi connectivity index (χ1v) is 9.39. The molecule has 5 nitrogen and oxygen atoms in total. The molecule has 0 saturated heterocycles.